The van der Waals surface area contributed by atoms with Crippen LogP contribution in [0.4, 0.5) is 5.82 Å². The number of nitrogens with one attached hydrogen (secondary N) is 2. The quantitative estimate of drug-likeness (QED) is 0.911. The first kappa shape index (κ1) is 15.8. The number of halogens is 2. The molecule has 1 atom stereocenters. The lowest BCUT2D eigenvalue weighted by atomic mass is 10.1. The third-order valence-corrected chi connectivity index (χ3v) is 3.61. The first-order chi connectivity index (χ1) is 9.74. The van der Waals surface area contributed by atoms with Crippen molar-refractivity contribution in [3.05, 3.63) is 41.6 Å². The van der Waals surface area contributed by atoms with Crippen molar-refractivity contribution in [2.75, 3.05) is 18.4 Å². The van der Waals surface area contributed by atoms with Crippen molar-refractivity contribution in [1.29, 1.82) is 0 Å². The molecule has 2 aromatic rings. The Balaban J connectivity index is 0.00000161. The molecule has 1 fully saturated rings. The summed E-state index contributed by atoms with van der Waals surface area (Å²) in [6.07, 6.45) is 2.53. The van der Waals surface area contributed by atoms with Gasteiger partial charge in [-0.2, -0.15) is 5.10 Å². The number of amides is 1. The van der Waals surface area contributed by atoms with Gasteiger partial charge in [-0.25, -0.2) is 4.68 Å². The number of aromatic nitrogens is 2. The molecule has 21 heavy (non-hydrogen) atoms. The zero-order chi connectivity index (χ0) is 13.9. The van der Waals surface area contributed by atoms with Gasteiger partial charge in [-0.3, -0.25) is 4.79 Å². The van der Waals surface area contributed by atoms with Gasteiger partial charge in [-0.1, -0.05) is 17.7 Å². The van der Waals surface area contributed by atoms with E-state index in [9.17, 15) is 4.79 Å². The molecule has 1 aromatic heterocycles. The van der Waals surface area contributed by atoms with Gasteiger partial charge in [0, 0.05) is 17.6 Å². The molecule has 0 aliphatic carbocycles. The Bertz CT molecular complexity index is 623. The maximum Gasteiger partial charge on any atom is 0.229 e. The van der Waals surface area contributed by atoms with E-state index in [-0.39, 0.29) is 24.2 Å². The molecule has 112 valence electrons. The van der Waals surface area contributed by atoms with Crippen LogP contribution in [-0.4, -0.2) is 28.8 Å². The number of anilines is 1. The Morgan fingerprint density at radius 3 is 3.00 bits per heavy atom. The average molecular weight is 327 g/mol. The van der Waals surface area contributed by atoms with Gasteiger partial charge in [0.2, 0.25) is 5.91 Å². The van der Waals surface area contributed by atoms with Crippen LogP contribution in [0.15, 0.2) is 36.5 Å². The standard InChI is InChI=1S/C14H15ClN4O.ClH/c15-11-2-1-3-12(8-11)19-13(5-7-17-19)18-14(20)10-4-6-16-9-10;/h1-3,5,7-8,10,16H,4,6,9H2,(H,18,20);1H. The van der Waals surface area contributed by atoms with E-state index in [1.165, 1.54) is 0 Å². The highest BCUT2D eigenvalue weighted by molar-refractivity contribution is 6.30. The molecule has 1 aliphatic heterocycles. The minimum atomic E-state index is 0. The van der Waals surface area contributed by atoms with Gasteiger partial charge in [0.1, 0.15) is 5.82 Å². The molecule has 1 aromatic carbocycles. The number of carbonyl (C=O) groups excluding carboxylic acids is 1. The SMILES string of the molecule is Cl.O=C(Nc1ccnn1-c1cccc(Cl)c1)C1CCNC1. The summed E-state index contributed by atoms with van der Waals surface area (Å²) in [4.78, 5) is 12.1. The molecule has 2 N–H and O–H groups in total. The Labute approximate surface area is 134 Å². The summed E-state index contributed by atoms with van der Waals surface area (Å²) in [5, 5.41) is 11.0. The van der Waals surface area contributed by atoms with Crippen molar-refractivity contribution in [3.8, 4) is 5.69 Å². The fourth-order valence-corrected chi connectivity index (χ4v) is 2.50. The van der Waals surface area contributed by atoms with Crippen LogP contribution in [0.1, 0.15) is 6.42 Å². The molecule has 1 aliphatic rings. The zero-order valence-corrected chi connectivity index (χ0v) is 12.8. The zero-order valence-electron chi connectivity index (χ0n) is 11.3. The topological polar surface area (TPSA) is 59.0 Å². The number of nitrogens with zero attached hydrogens (tertiary/aromatic N) is 2. The van der Waals surface area contributed by atoms with E-state index in [2.05, 4.69) is 15.7 Å². The molecule has 0 bridgehead atoms. The molecule has 1 saturated heterocycles. The smallest absolute Gasteiger partial charge is 0.229 e. The van der Waals surface area contributed by atoms with E-state index in [1.54, 1.807) is 29.1 Å². The number of hydrogen-bond donors (Lipinski definition) is 2. The molecular weight excluding hydrogens is 311 g/mol. The van der Waals surface area contributed by atoms with Crippen LogP contribution in [0.3, 0.4) is 0 Å². The van der Waals surface area contributed by atoms with E-state index in [0.29, 0.717) is 10.8 Å². The fraction of sp³-hybridized carbons (Fsp3) is 0.286. The van der Waals surface area contributed by atoms with Crippen molar-refractivity contribution in [2.45, 2.75) is 6.42 Å². The first-order valence-corrected chi connectivity index (χ1v) is 6.93. The van der Waals surface area contributed by atoms with Gasteiger partial charge in [0.05, 0.1) is 17.8 Å². The van der Waals surface area contributed by atoms with Gasteiger partial charge in [-0.05, 0) is 31.2 Å². The molecule has 3 rings (SSSR count). The number of hydrogen-bond acceptors (Lipinski definition) is 3. The van der Waals surface area contributed by atoms with Crippen molar-refractivity contribution in [1.82, 2.24) is 15.1 Å². The lowest BCUT2D eigenvalue weighted by Crippen LogP contribution is -2.25. The van der Waals surface area contributed by atoms with Crippen LogP contribution in [0, 0.1) is 5.92 Å². The highest BCUT2D eigenvalue weighted by Crippen LogP contribution is 2.19. The number of carbonyl (C=O) groups is 1. The second-order valence-electron chi connectivity index (χ2n) is 4.79. The Morgan fingerprint density at radius 1 is 1.43 bits per heavy atom. The number of benzene rings is 1. The Hall–Kier alpha value is -1.56. The highest BCUT2D eigenvalue weighted by Gasteiger charge is 2.23. The number of rotatable bonds is 3. The maximum atomic E-state index is 12.1. The molecule has 0 saturated carbocycles. The van der Waals surface area contributed by atoms with Crippen LogP contribution in [0.2, 0.25) is 5.02 Å². The van der Waals surface area contributed by atoms with E-state index < -0.39 is 0 Å². The van der Waals surface area contributed by atoms with Gasteiger partial charge in [0.25, 0.3) is 0 Å². The van der Waals surface area contributed by atoms with E-state index in [1.807, 2.05) is 12.1 Å². The summed E-state index contributed by atoms with van der Waals surface area (Å²) in [5.74, 6) is 0.709. The van der Waals surface area contributed by atoms with Crippen LogP contribution < -0.4 is 10.6 Å². The van der Waals surface area contributed by atoms with Crippen molar-refractivity contribution in [3.63, 3.8) is 0 Å². The summed E-state index contributed by atoms with van der Waals surface area (Å²) in [6.45, 7) is 1.63. The lowest BCUT2D eigenvalue weighted by molar-refractivity contribution is -0.119. The van der Waals surface area contributed by atoms with Crippen molar-refractivity contribution >= 4 is 35.7 Å². The predicted molar refractivity (Wildman–Crippen MR) is 85.4 cm³/mol. The fourth-order valence-electron chi connectivity index (χ4n) is 2.32. The summed E-state index contributed by atoms with van der Waals surface area (Å²) in [5.41, 5.74) is 0.822. The minimum Gasteiger partial charge on any atom is -0.316 e. The molecule has 1 unspecified atom stereocenters. The molecule has 0 spiro atoms. The third kappa shape index (κ3) is 3.56. The first-order valence-electron chi connectivity index (χ1n) is 6.55. The summed E-state index contributed by atoms with van der Waals surface area (Å²) < 4.78 is 1.67. The third-order valence-electron chi connectivity index (χ3n) is 3.38. The lowest BCUT2D eigenvalue weighted by Gasteiger charge is -2.12. The molecule has 5 nitrogen and oxygen atoms in total. The molecule has 0 radical (unpaired) electrons. The van der Waals surface area contributed by atoms with Gasteiger partial charge >= 0.3 is 0 Å². The van der Waals surface area contributed by atoms with Crippen molar-refractivity contribution in [2.24, 2.45) is 5.92 Å². The predicted octanol–water partition coefficient (Wildman–Crippen LogP) is 2.50. The minimum absolute atomic E-state index is 0. The average Bonchev–Trinajstić information content (AvgIpc) is 3.09. The highest BCUT2D eigenvalue weighted by atomic mass is 35.5. The van der Waals surface area contributed by atoms with E-state index in [4.69, 9.17) is 11.6 Å². The van der Waals surface area contributed by atoms with E-state index in [0.717, 1.165) is 25.2 Å². The Morgan fingerprint density at radius 2 is 2.29 bits per heavy atom. The maximum absolute atomic E-state index is 12.1. The van der Waals surface area contributed by atoms with Crippen LogP contribution in [0.25, 0.3) is 5.69 Å². The summed E-state index contributed by atoms with van der Waals surface area (Å²) in [6, 6.07) is 9.14. The van der Waals surface area contributed by atoms with Crippen LogP contribution >= 0.6 is 24.0 Å². The van der Waals surface area contributed by atoms with Crippen LogP contribution in [-0.2, 0) is 4.79 Å². The molecule has 7 heteroatoms. The molecule has 1 amide bonds. The summed E-state index contributed by atoms with van der Waals surface area (Å²) >= 11 is 5.99. The Kier molecular flexibility index (Phi) is 5.22. The van der Waals surface area contributed by atoms with Crippen molar-refractivity contribution < 1.29 is 4.79 Å². The summed E-state index contributed by atoms with van der Waals surface area (Å²) in [7, 11) is 0. The van der Waals surface area contributed by atoms with Gasteiger partial charge in [0.15, 0.2) is 0 Å². The van der Waals surface area contributed by atoms with E-state index >= 15 is 0 Å². The second-order valence-corrected chi connectivity index (χ2v) is 5.22. The van der Waals surface area contributed by atoms with Crippen LogP contribution in [0.5, 0.6) is 0 Å². The normalized spacial score (nSPS) is 17.3. The second kappa shape index (κ2) is 6.93. The van der Waals surface area contributed by atoms with Gasteiger partial charge in [-0.15, -0.1) is 12.4 Å². The monoisotopic (exact) mass is 326 g/mol. The molecular formula is C14H16Cl2N4O. The molecule has 2 heterocycles. The van der Waals surface area contributed by atoms with Gasteiger partial charge < -0.3 is 10.6 Å². The largest absolute Gasteiger partial charge is 0.316 e.